The zero-order valence-electron chi connectivity index (χ0n) is 22.8. The summed E-state index contributed by atoms with van der Waals surface area (Å²) in [6, 6.07) is 4.99. The fourth-order valence-electron chi connectivity index (χ4n) is 5.98. The largest absolute Gasteiger partial charge is 0.481 e. The third-order valence-corrected chi connectivity index (χ3v) is 10.0. The number of amides is 1. The van der Waals surface area contributed by atoms with E-state index in [0.29, 0.717) is 57.1 Å². The van der Waals surface area contributed by atoms with E-state index >= 15 is 0 Å². The summed E-state index contributed by atoms with van der Waals surface area (Å²) in [5.74, 6) is -0.845. The molecule has 218 valence electrons. The zero-order valence-corrected chi connectivity index (χ0v) is 23.6. The highest BCUT2D eigenvalue weighted by molar-refractivity contribution is 7.89. The van der Waals surface area contributed by atoms with Crippen molar-refractivity contribution in [1.82, 2.24) is 14.1 Å². The summed E-state index contributed by atoms with van der Waals surface area (Å²) in [5, 5.41) is 10.4. The van der Waals surface area contributed by atoms with Crippen LogP contribution in [0.2, 0.25) is 0 Å². The number of hydrogen-bond donors (Lipinski definition) is 2. The SMILES string of the molecule is CCCCN(CCCCN)C(=O)CN1C[C@H](c2ccc3c(c2)OCO3)C(C(=O)O)[C@@H]1CCN1CCCS1(=O)=O. The quantitative estimate of drug-likeness (QED) is 0.322. The standard InChI is InChI=1S/C27H42N4O7S/c1-2-3-11-29(12-5-4-10-28)25(32)18-30-17-21(20-7-8-23-24(16-20)38-19-37-23)26(27(33)34)22(30)9-14-31-13-6-15-39(31,35)36/h7-8,16,21-22,26H,2-6,9-15,17-19,28H2,1H3,(H,33,34)/t21-,22+,26?/m1/s1. The van der Waals surface area contributed by atoms with Crippen molar-refractivity contribution in [3.63, 3.8) is 0 Å². The molecule has 11 nitrogen and oxygen atoms in total. The van der Waals surface area contributed by atoms with Crippen LogP contribution in [0, 0.1) is 5.92 Å². The molecule has 1 aromatic rings. The van der Waals surface area contributed by atoms with Crippen molar-refractivity contribution in [3.8, 4) is 11.5 Å². The molecule has 1 unspecified atom stereocenters. The highest BCUT2D eigenvalue weighted by Gasteiger charge is 2.47. The maximum absolute atomic E-state index is 13.5. The van der Waals surface area contributed by atoms with Crippen molar-refractivity contribution in [2.75, 3.05) is 58.4 Å². The maximum atomic E-state index is 13.5. The lowest BCUT2D eigenvalue weighted by Gasteiger charge is -2.30. The van der Waals surface area contributed by atoms with Gasteiger partial charge in [0.2, 0.25) is 22.7 Å². The number of aliphatic carboxylic acids is 1. The monoisotopic (exact) mass is 566 g/mol. The lowest BCUT2D eigenvalue weighted by Crippen LogP contribution is -2.45. The Morgan fingerprint density at radius 3 is 2.62 bits per heavy atom. The van der Waals surface area contributed by atoms with Crippen LogP contribution in [0.3, 0.4) is 0 Å². The second-order valence-electron chi connectivity index (χ2n) is 10.7. The molecule has 3 atom stereocenters. The number of carboxylic acids is 1. The number of carboxylic acid groups (broad SMARTS) is 1. The van der Waals surface area contributed by atoms with Gasteiger partial charge in [-0.3, -0.25) is 14.5 Å². The Morgan fingerprint density at radius 1 is 1.15 bits per heavy atom. The average Bonchev–Trinajstić information content (AvgIpc) is 3.60. The Balaban J connectivity index is 1.58. The van der Waals surface area contributed by atoms with Gasteiger partial charge in [-0.15, -0.1) is 0 Å². The van der Waals surface area contributed by atoms with E-state index in [1.165, 1.54) is 4.31 Å². The summed E-state index contributed by atoms with van der Waals surface area (Å²) in [6.07, 6.45) is 4.42. The van der Waals surface area contributed by atoms with Crippen LogP contribution in [-0.2, 0) is 19.6 Å². The van der Waals surface area contributed by atoms with Crippen molar-refractivity contribution in [2.45, 2.75) is 57.4 Å². The minimum Gasteiger partial charge on any atom is -0.481 e. The van der Waals surface area contributed by atoms with Gasteiger partial charge in [-0.1, -0.05) is 19.4 Å². The normalized spacial score (nSPS) is 24.3. The van der Waals surface area contributed by atoms with E-state index in [0.717, 1.165) is 31.2 Å². The molecule has 0 bridgehead atoms. The van der Waals surface area contributed by atoms with Crippen molar-refractivity contribution >= 4 is 21.9 Å². The molecule has 1 amide bonds. The number of benzene rings is 1. The summed E-state index contributed by atoms with van der Waals surface area (Å²) < 4.78 is 37.3. The van der Waals surface area contributed by atoms with Crippen LogP contribution in [0.5, 0.6) is 11.5 Å². The molecule has 1 aromatic carbocycles. The highest BCUT2D eigenvalue weighted by atomic mass is 32.2. The van der Waals surface area contributed by atoms with Crippen LogP contribution in [-0.4, -0.2) is 104 Å². The fraction of sp³-hybridized carbons (Fsp3) is 0.704. The number of nitrogens with zero attached hydrogens (tertiary/aromatic N) is 3. The first-order chi connectivity index (χ1) is 18.7. The average molecular weight is 567 g/mol. The highest BCUT2D eigenvalue weighted by Crippen LogP contribution is 2.43. The number of likely N-dealkylation sites (tertiary alicyclic amines) is 1. The summed E-state index contributed by atoms with van der Waals surface area (Å²) in [7, 11) is -3.31. The number of nitrogens with two attached hydrogens (primary N) is 1. The van der Waals surface area contributed by atoms with E-state index in [9.17, 15) is 23.1 Å². The number of hydrogen-bond acceptors (Lipinski definition) is 8. The van der Waals surface area contributed by atoms with Gasteiger partial charge in [-0.05, 0) is 56.3 Å². The maximum Gasteiger partial charge on any atom is 0.308 e. The number of sulfonamides is 1. The predicted molar refractivity (Wildman–Crippen MR) is 146 cm³/mol. The van der Waals surface area contributed by atoms with Crippen molar-refractivity contribution in [3.05, 3.63) is 23.8 Å². The van der Waals surface area contributed by atoms with Gasteiger partial charge >= 0.3 is 5.97 Å². The molecule has 39 heavy (non-hydrogen) atoms. The molecule has 3 heterocycles. The third-order valence-electron chi connectivity index (χ3n) is 8.09. The van der Waals surface area contributed by atoms with E-state index in [4.69, 9.17) is 15.2 Å². The lowest BCUT2D eigenvalue weighted by molar-refractivity contribution is -0.143. The van der Waals surface area contributed by atoms with E-state index in [1.807, 2.05) is 21.9 Å². The Morgan fingerprint density at radius 2 is 1.92 bits per heavy atom. The number of unbranched alkanes of at least 4 members (excludes halogenated alkanes) is 2. The summed E-state index contributed by atoms with van der Waals surface area (Å²) in [6.45, 7) is 5.21. The molecule has 3 N–H and O–H groups in total. The van der Waals surface area contributed by atoms with Gasteiger partial charge in [0, 0.05) is 44.7 Å². The molecule has 0 spiro atoms. The molecule has 4 rings (SSSR count). The van der Waals surface area contributed by atoms with Crippen LogP contribution < -0.4 is 15.2 Å². The van der Waals surface area contributed by atoms with Gasteiger partial charge in [0.25, 0.3) is 0 Å². The number of rotatable bonds is 14. The minimum absolute atomic E-state index is 0.0326. The first kappa shape index (κ1) is 29.6. The van der Waals surface area contributed by atoms with Gasteiger partial charge in [-0.25, -0.2) is 12.7 Å². The molecular weight excluding hydrogens is 524 g/mol. The molecule has 0 aliphatic carbocycles. The lowest BCUT2D eigenvalue weighted by atomic mass is 9.84. The van der Waals surface area contributed by atoms with Gasteiger partial charge in [0.15, 0.2) is 11.5 Å². The third kappa shape index (κ3) is 7.03. The summed E-state index contributed by atoms with van der Waals surface area (Å²) in [4.78, 5) is 30.1. The molecule has 3 aliphatic rings. The van der Waals surface area contributed by atoms with Crippen LogP contribution in [0.4, 0.5) is 0 Å². The topological polar surface area (TPSA) is 143 Å². The Labute approximate surface area is 231 Å². The molecule has 0 saturated carbocycles. The number of fused-ring (bicyclic) bond motifs is 1. The van der Waals surface area contributed by atoms with Crippen LogP contribution >= 0.6 is 0 Å². The van der Waals surface area contributed by atoms with Crippen molar-refractivity contribution in [2.24, 2.45) is 11.7 Å². The van der Waals surface area contributed by atoms with Gasteiger partial charge in [0.1, 0.15) is 0 Å². The predicted octanol–water partition coefficient (Wildman–Crippen LogP) is 1.68. The van der Waals surface area contributed by atoms with Crippen LogP contribution in [0.15, 0.2) is 18.2 Å². The first-order valence-electron chi connectivity index (χ1n) is 14.1. The van der Waals surface area contributed by atoms with Gasteiger partial charge < -0.3 is 25.2 Å². The van der Waals surface area contributed by atoms with Gasteiger partial charge in [-0.2, -0.15) is 0 Å². The van der Waals surface area contributed by atoms with Crippen molar-refractivity contribution in [1.29, 1.82) is 0 Å². The summed E-state index contributed by atoms with van der Waals surface area (Å²) >= 11 is 0. The molecule has 0 aromatic heterocycles. The number of carbonyl (C=O) groups excluding carboxylic acids is 1. The van der Waals surface area contributed by atoms with E-state index in [2.05, 4.69) is 6.92 Å². The molecular formula is C27H42N4O7S. The molecule has 12 heteroatoms. The second-order valence-corrected chi connectivity index (χ2v) is 12.8. The first-order valence-corrected chi connectivity index (χ1v) is 15.7. The Kier molecular flexibility index (Phi) is 10.1. The van der Waals surface area contributed by atoms with Gasteiger partial charge in [0.05, 0.1) is 18.2 Å². The molecule has 0 radical (unpaired) electrons. The second kappa shape index (κ2) is 13.3. The Bertz CT molecular complexity index is 1120. The zero-order chi connectivity index (χ0) is 28.0. The van der Waals surface area contributed by atoms with E-state index in [1.54, 1.807) is 6.07 Å². The van der Waals surface area contributed by atoms with Crippen LogP contribution in [0.25, 0.3) is 0 Å². The molecule has 2 fully saturated rings. The van der Waals surface area contributed by atoms with Crippen molar-refractivity contribution < 1.29 is 32.6 Å². The molecule has 3 aliphatic heterocycles. The molecule has 2 saturated heterocycles. The van der Waals surface area contributed by atoms with E-state index < -0.39 is 28.0 Å². The summed E-state index contributed by atoms with van der Waals surface area (Å²) in [5.41, 5.74) is 6.47. The van der Waals surface area contributed by atoms with Crippen LogP contribution in [0.1, 0.15) is 56.9 Å². The fourth-order valence-corrected chi connectivity index (χ4v) is 7.53. The minimum atomic E-state index is -3.31. The number of ether oxygens (including phenoxy) is 2. The van der Waals surface area contributed by atoms with E-state index in [-0.39, 0.29) is 37.5 Å². The smallest absolute Gasteiger partial charge is 0.308 e. The number of carbonyl (C=O) groups is 2. The Hall–Kier alpha value is -2.41.